The minimum absolute atomic E-state index is 0.308. The van der Waals surface area contributed by atoms with Crippen molar-refractivity contribution in [2.24, 2.45) is 0 Å². The van der Waals surface area contributed by atoms with Crippen LogP contribution in [0.15, 0.2) is 16.7 Å². The first-order valence-corrected chi connectivity index (χ1v) is 5.92. The van der Waals surface area contributed by atoms with Gasteiger partial charge in [0.2, 0.25) is 0 Å². The number of unbranched alkanes of at least 4 members (excludes halogenated alkanes) is 1. The molecule has 0 fully saturated rings. The molecule has 0 N–H and O–H groups in total. The Morgan fingerprint density at radius 2 is 2.12 bits per heavy atom. The van der Waals surface area contributed by atoms with E-state index in [1.165, 1.54) is 7.11 Å². The van der Waals surface area contributed by atoms with Crippen LogP contribution in [0.1, 0.15) is 23.3 Å². The van der Waals surface area contributed by atoms with Gasteiger partial charge in [-0.05, 0) is 40.9 Å². The van der Waals surface area contributed by atoms with Crippen molar-refractivity contribution in [1.29, 1.82) is 0 Å². The van der Waals surface area contributed by atoms with Crippen molar-refractivity contribution in [2.45, 2.75) is 19.4 Å². The highest BCUT2D eigenvalue weighted by atomic mass is 79.9. The van der Waals surface area contributed by atoms with Crippen LogP contribution in [0.2, 0.25) is 0 Å². The highest BCUT2D eigenvalue weighted by Gasteiger charge is 2.13. The van der Waals surface area contributed by atoms with E-state index in [9.17, 15) is 4.79 Å². The van der Waals surface area contributed by atoms with Gasteiger partial charge < -0.3 is 14.0 Å². The Labute approximate surface area is 104 Å². The molecule has 0 atom stereocenters. The second-order valence-electron chi connectivity index (χ2n) is 3.38. The summed E-state index contributed by atoms with van der Waals surface area (Å²) in [5.41, 5.74) is 0.576. The molecule has 0 aromatic carbocycles. The van der Waals surface area contributed by atoms with Gasteiger partial charge in [0.1, 0.15) is 5.69 Å². The second kappa shape index (κ2) is 6.70. The molecule has 90 valence electrons. The van der Waals surface area contributed by atoms with Crippen molar-refractivity contribution in [2.75, 3.05) is 20.8 Å². The summed E-state index contributed by atoms with van der Waals surface area (Å²) in [7, 11) is 3.07. The van der Waals surface area contributed by atoms with E-state index in [0.29, 0.717) is 5.69 Å². The number of methoxy groups -OCH3 is 2. The number of carbonyl (C=O) groups excluding carboxylic acids is 1. The predicted molar refractivity (Wildman–Crippen MR) is 64.6 cm³/mol. The van der Waals surface area contributed by atoms with Crippen molar-refractivity contribution >= 4 is 21.9 Å². The number of halogens is 1. The van der Waals surface area contributed by atoms with Crippen molar-refractivity contribution in [3.05, 3.63) is 22.4 Å². The maximum atomic E-state index is 11.4. The topological polar surface area (TPSA) is 40.5 Å². The van der Waals surface area contributed by atoms with E-state index in [-0.39, 0.29) is 5.97 Å². The summed E-state index contributed by atoms with van der Waals surface area (Å²) >= 11 is 3.41. The lowest BCUT2D eigenvalue weighted by atomic mass is 10.3. The molecule has 0 saturated heterocycles. The highest BCUT2D eigenvalue weighted by Crippen LogP contribution is 2.17. The van der Waals surface area contributed by atoms with Crippen LogP contribution in [0.25, 0.3) is 0 Å². The lowest BCUT2D eigenvalue weighted by Crippen LogP contribution is -2.11. The van der Waals surface area contributed by atoms with Gasteiger partial charge in [0.25, 0.3) is 0 Å². The maximum absolute atomic E-state index is 11.4. The van der Waals surface area contributed by atoms with Crippen molar-refractivity contribution in [1.82, 2.24) is 4.57 Å². The quantitative estimate of drug-likeness (QED) is 0.597. The van der Waals surface area contributed by atoms with Gasteiger partial charge >= 0.3 is 5.97 Å². The first kappa shape index (κ1) is 13.3. The molecule has 0 aliphatic carbocycles. The van der Waals surface area contributed by atoms with Crippen molar-refractivity contribution < 1.29 is 14.3 Å². The summed E-state index contributed by atoms with van der Waals surface area (Å²) in [4.78, 5) is 11.4. The molecule has 1 aromatic rings. The number of aromatic nitrogens is 1. The predicted octanol–water partition coefficient (Wildman–Crippen LogP) is 2.46. The Morgan fingerprint density at radius 1 is 1.38 bits per heavy atom. The molecule has 5 heteroatoms. The Balaban J connectivity index is 2.63. The van der Waals surface area contributed by atoms with Gasteiger partial charge in [-0.2, -0.15) is 0 Å². The molecule has 0 aliphatic heterocycles. The molecule has 0 unspecified atom stereocenters. The Morgan fingerprint density at radius 3 is 2.75 bits per heavy atom. The largest absolute Gasteiger partial charge is 0.464 e. The van der Waals surface area contributed by atoms with Crippen LogP contribution in [-0.2, 0) is 16.0 Å². The zero-order valence-corrected chi connectivity index (χ0v) is 11.1. The van der Waals surface area contributed by atoms with Crippen LogP contribution in [0.4, 0.5) is 0 Å². The summed E-state index contributed by atoms with van der Waals surface area (Å²) in [6.07, 6.45) is 1.94. The molecule has 1 rings (SSSR count). The lowest BCUT2D eigenvalue weighted by molar-refractivity contribution is 0.0588. The van der Waals surface area contributed by atoms with Crippen LogP contribution in [0, 0.1) is 0 Å². The van der Waals surface area contributed by atoms with Crippen LogP contribution < -0.4 is 0 Å². The monoisotopic (exact) mass is 289 g/mol. The summed E-state index contributed by atoms with van der Waals surface area (Å²) in [6, 6.07) is 3.61. The van der Waals surface area contributed by atoms with Gasteiger partial charge in [-0.1, -0.05) is 0 Å². The Kier molecular flexibility index (Phi) is 5.55. The van der Waals surface area contributed by atoms with E-state index < -0.39 is 0 Å². The maximum Gasteiger partial charge on any atom is 0.354 e. The molecular weight excluding hydrogens is 274 g/mol. The van der Waals surface area contributed by atoms with Crippen LogP contribution >= 0.6 is 15.9 Å². The summed E-state index contributed by atoms with van der Waals surface area (Å²) < 4.78 is 12.5. The zero-order valence-electron chi connectivity index (χ0n) is 9.53. The number of hydrogen-bond donors (Lipinski definition) is 0. The summed E-state index contributed by atoms with van der Waals surface area (Å²) in [5, 5.41) is 0. The SMILES string of the molecule is COCCCCn1c(Br)ccc1C(=O)OC. The molecule has 1 heterocycles. The average Bonchev–Trinajstić information content (AvgIpc) is 2.65. The molecule has 0 amide bonds. The van der Waals surface area contributed by atoms with Gasteiger partial charge in [0.15, 0.2) is 0 Å². The molecule has 4 nitrogen and oxygen atoms in total. The number of esters is 1. The van der Waals surface area contributed by atoms with Crippen molar-refractivity contribution in [3.63, 3.8) is 0 Å². The van der Waals surface area contributed by atoms with E-state index in [0.717, 1.165) is 30.6 Å². The van der Waals surface area contributed by atoms with Gasteiger partial charge in [0, 0.05) is 20.3 Å². The van der Waals surface area contributed by atoms with Crippen LogP contribution in [-0.4, -0.2) is 31.4 Å². The molecule has 0 saturated carbocycles. The first-order chi connectivity index (χ1) is 7.70. The number of carbonyl (C=O) groups is 1. The first-order valence-electron chi connectivity index (χ1n) is 5.13. The molecule has 1 aromatic heterocycles. The molecule has 0 radical (unpaired) electrons. The van der Waals surface area contributed by atoms with Crippen LogP contribution in [0.5, 0.6) is 0 Å². The number of nitrogens with zero attached hydrogens (tertiary/aromatic N) is 1. The highest BCUT2D eigenvalue weighted by molar-refractivity contribution is 9.10. The third kappa shape index (κ3) is 3.35. The fourth-order valence-corrected chi connectivity index (χ4v) is 1.97. The van der Waals surface area contributed by atoms with E-state index in [2.05, 4.69) is 15.9 Å². The van der Waals surface area contributed by atoms with Gasteiger partial charge in [-0.25, -0.2) is 4.79 Å². The van der Waals surface area contributed by atoms with E-state index in [1.807, 2.05) is 10.6 Å². The lowest BCUT2D eigenvalue weighted by Gasteiger charge is -2.09. The van der Waals surface area contributed by atoms with E-state index in [1.54, 1.807) is 13.2 Å². The fourth-order valence-electron chi connectivity index (χ4n) is 1.47. The molecule has 0 spiro atoms. The van der Waals surface area contributed by atoms with E-state index >= 15 is 0 Å². The van der Waals surface area contributed by atoms with Crippen molar-refractivity contribution in [3.8, 4) is 0 Å². The number of rotatable bonds is 6. The molecule has 0 bridgehead atoms. The second-order valence-corrected chi connectivity index (χ2v) is 4.20. The molecule has 0 aliphatic rings. The minimum Gasteiger partial charge on any atom is -0.464 e. The number of hydrogen-bond acceptors (Lipinski definition) is 3. The fraction of sp³-hybridized carbons (Fsp3) is 0.545. The van der Waals surface area contributed by atoms with Gasteiger partial charge in [-0.3, -0.25) is 0 Å². The van der Waals surface area contributed by atoms with Crippen LogP contribution in [0.3, 0.4) is 0 Å². The average molecular weight is 290 g/mol. The Bertz CT molecular complexity index is 349. The number of ether oxygens (including phenoxy) is 2. The molecular formula is C11H16BrNO3. The smallest absolute Gasteiger partial charge is 0.354 e. The molecule has 16 heavy (non-hydrogen) atoms. The van der Waals surface area contributed by atoms with E-state index in [4.69, 9.17) is 9.47 Å². The third-order valence-electron chi connectivity index (χ3n) is 2.30. The van der Waals surface area contributed by atoms with Gasteiger partial charge in [-0.15, -0.1) is 0 Å². The normalized spacial score (nSPS) is 10.4. The third-order valence-corrected chi connectivity index (χ3v) is 2.99. The standard InChI is InChI=1S/C11H16BrNO3/c1-15-8-4-3-7-13-9(11(14)16-2)5-6-10(13)12/h5-6H,3-4,7-8H2,1-2H3. The Hall–Kier alpha value is -0.810. The summed E-state index contributed by atoms with van der Waals surface area (Å²) in [6.45, 7) is 1.52. The summed E-state index contributed by atoms with van der Waals surface area (Å²) in [5.74, 6) is -0.308. The minimum atomic E-state index is -0.308. The van der Waals surface area contributed by atoms with Gasteiger partial charge in [0.05, 0.1) is 11.7 Å². The zero-order chi connectivity index (χ0) is 12.0.